The molecule has 196 valence electrons. The summed E-state index contributed by atoms with van der Waals surface area (Å²) in [6, 6.07) is 19.1. The smallest absolute Gasteiger partial charge is 0.242 e. The first-order valence-corrected chi connectivity index (χ1v) is 13.8. The Balaban J connectivity index is 1.51. The molecule has 2 amide bonds. The lowest BCUT2D eigenvalue weighted by atomic mass is 10.00. The minimum absolute atomic E-state index is 0.0186. The number of fused-ring (bicyclic) bond motifs is 1. The fourth-order valence-corrected chi connectivity index (χ4v) is 5.61. The van der Waals surface area contributed by atoms with Gasteiger partial charge in [-0.2, -0.15) is 0 Å². The summed E-state index contributed by atoms with van der Waals surface area (Å²) in [6.07, 6.45) is 2.05. The van der Waals surface area contributed by atoms with E-state index in [1.54, 1.807) is 23.3 Å². The van der Waals surface area contributed by atoms with Crippen molar-refractivity contribution in [2.24, 2.45) is 5.92 Å². The van der Waals surface area contributed by atoms with Crippen LogP contribution in [-0.4, -0.2) is 55.0 Å². The van der Waals surface area contributed by atoms with Gasteiger partial charge in [-0.3, -0.25) is 9.59 Å². The fourth-order valence-electron chi connectivity index (χ4n) is 4.68. The zero-order chi connectivity index (χ0) is 26.2. The van der Waals surface area contributed by atoms with Gasteiger partial charge in [0, 0.05) is 18.0 Å². The highest BCUT2D eigenvalue weighted by molar-refractivity contribution is 7.10. The first kappa shape index (κ1) is 26.7. The Morgan fingerprint density at radius 2 is 1.81 bits per heavy atom. The molecule has 1 aromatic heterocycles. The van der Waals surface area contributed by atoms with Crippen LogP contribution in [0.3, 0.4) is 0 Å². The number of methoxy groups -OCH3 is 1. The molecular weight excluding hydrogens is 484 g/mol. The average molecular weight is 521 g/mol. The van der Waals surface area contributed by atoms with Crippen molar-refractivity contribution in [1.82, 2.24) is 9.80 Å². The fraction of sp³-hybridized carbons (Fsp3) is 0.400. The third-order valence-corrected chi connectivity index (χ3v) is 7.98. The van der Waals surface area contributed by atoms with Crippen LogP contribution in [0.15, 0.2) is 66.0 Å². The lowest BCUT2D eigenvalue weighted by Gasteiger charge is -2.37. The summed E-state index contributed by atoms with van der Waals surface area (Å²) in [7, 11) is 1.62. The molecule has 0 unspecified atom stereocenters. The largest absolute Gasteiger partial charge is 0.493 e. The summed E-state index contributed by atoms with van der Waals surface area (Å²) in [6.45, 7) is 5.79. The first-order valence-electron chi connectivity index (χ1n) is 12.9. The highest BCUT2D eigenvalue weighted by Gasteiger charge is 2.34. The van der Waals surface area contributed by atoms with Crippen molar-refractivity contribution in [3.05, 3.63) is 82.0 Å². The van der Waals surface area contributed by atoms with Crippen LogP contribution in [0.1, 0.15) is 42.3 Å². The van der Waals surface area contributed by atoms with Crippen molar-refractivity contribution in [2.75, 3.05) is 33.4 Å². The van der Waals surface area contributed by atoms with E-state index in [0.717, 1.165) is 24.0 Å². The van der Waals surface area contributed by atoms with E-state index in [1.165, 1.54) is 4.88 Å². The quantitative estimate of drug-likeness (QED) is 0.341. The molecule has 0 bridgehead atoms. The predicted molar refractivity (Wildman–Crippen MR) is 147 cm³/mol. The molecule has 1 aliphatic rings. The zero-order valence-corrected chi connectivity index (χ0v) is 22.7. The Morgan fingerprint density at radius 1 is 1.08 bits per heavy atom. The summed E-state index contributed by atoms with van der Waals surface area (Å²) in [5, 5.41) is 2.08. The van der Waals surface area contributed by atoms with E-state index in [1.807, 2.05) is 59.5 Å². The molecule has 0 radical (unpaired) electrons. The van der Waals surface area contributed by atoms with Gasteiger partial charge in [-0.1, -0.05) is 62.7 Å². The minimum Gasteiger partial charge on any atom is -0.493 e. The Labute approximate surface area is 223 Å². The lowest BCUT2D eigenvalue weighted by Crippen LogP contribution is -2.48. The number of para-hydroxylation sites is 2. The molecule has 0 spiro atoms. The molecule has 0 aliphatic carbocycles. The number of carbonyl (C=O) groups excluding carboxylic acids is 2. The molecule has 0 N–H and O–H groups in total. The van der Waals surface area contributed by atoms with Gasteiger partial charge in [0.2, 0.25) is 11.8 Å². The number of nitrogens with zero attached hydrogens (tertiary/aromatic N) is 2. The predicted octanol–water partition coefficient (Wildman–Crippen LogP) is 5.38. The molecule has 2 atom stereocenters. The van der Waals surface area contributed by atoms with Crippen molar-refractivity contribution in [3.8, 4) is 11.5 Å². The summed E-state index contributed by atoms with van der Waals surface area (Å²) < 4.78 is 11.6. The van der Waals surface area contributed by atoms with Gasteiger partial charge in [-0.05, 0) is 47.0 Å². The van der Waals surface area contributed by atoms with Gasteiger partial charge in [-0.25, -0.2) is 0 Å². The van der Waals surface area contributed by atoms with E-state index >= 15 is 0 Å². The number of carbonyl (C=O) groups is 2. The number of amides is 2. The monoisotopic (exact) mass is 520 g/mol. The maximum absolute atomic E-state index is 13.8. The summed E-state index contributed by atoms with van der Waals surface area (Å²) in [5.41, 5.74) is 2.08. The highest BCUT2D eigenvalue weighted by Crippen LogP contribution is 2.35. The molecule has 0 saturated carbocycles. The average Bonchev–Trinajstić information content (AvgIpc) is 3.41. The highest BCUT2D eigenvalue weighted by atomic mass is 32.1. The third kappa shape index (κ3) is 6.72. The van der Waals surface area contributed by atoms with Crippen LogP contribution in [0, 0.1) is 5.92 Å². The molecule has 2 heterocycles. The number of hydrogen-bond acceptors (Lipinski definition) is 5. The minimum atomic E-state index is -0.220. The zero-order valence-electron chi connectivity index (χ0n) is 21.9. The second-order valence-corrected chi connectivity index (χ2v) is 10.6. The number of thiophene rings is 1. The number of ether oxygens (including phenoxy) is 2. The maximum Gasteiger partial charge on any atom is 0.242 e. The van der Waals surface area contributed by atoms with Crippen LogP contribution in [-0.2, 0) is 22.4 Å². The summed E-state index contributed by atoms with van der Waals surface area (Å²) in [4.78, 5) is 32.0. The van der Waals surface area contributed by atoms with E-state index in [2.05, 4.69) is 25.3 Å². The van der Waals surface area contributed by atoms with Crippen molar-refractivity contribution < 1.29 is 19.1 Å². The van der Waals surface area contributed by atoms with Gasteiger partial charge in [-0.15, -0.1) is 11.3 Å². The van der Waals surface area contributed by atoms with Crippen LogP contribution in [0.4, 0.5) is 0 Å². The van der Waals surface area contributed by atoms with E-state index < -0.39 is 0 Å². The summed E-state index contributed by atoms with van der Waals surface area (Å²) in [5.74, 6) is 1.55. The van der Waals surface area contributed by atoms with Gasteiger partial charge in [0.25, 0.3) is 0 Å². The molecule has 2 aromatic carbocycles. The SMILES string of the molecule is CC[C@H](C)CN(CC(=O)N1CCc2sccc2[C@H]1COc1ccccc1OC)C(=O)Cc1ccccc1. The Kier molecular flexibility index (Phi) is 9.23. The second kappa shape index (κ2) is 12.8. The first-order chi connectivity index (χ1) is 18.0. The van der Waals surface area contributed by atoms with Crippen LogP contribution in [0.25, 0.3) is 0 Å². The molecular formula is C30H36N2O4S. The standard InChI is InChI=1S/C30H36N2O4S/c1-4-22(2)19-31(29(33)18-23-10-6-5-7-11-23)20-30(34)32-16-14-28-24(15-17-37-28)25(32)21-36-27-13-9-8-12-26(27)35-3/h5-13,15,17,22,25H,4,14,16,18-21H2,1-3H3/t22-,25+/m0/s1. The lowest BCUT2D eigenvalue weighted by molar-refractivity contribution is -0.143. The van der Waals surface area contributed by atoms with Crippen molar-refractivity contribution >= 4 is 23.2 Å². The Morgan fingerprint density at radius 3 is 2.54 bits per heavy atom. The van der Waals surface area contributed by atoms with Crippen LogP contribution in [0.5, 0.6) is 11.5 Å². The molecule has 7 heteroatoms. The van der Waals surface area contributed by atoms with E-state index in [4.69, 9.17) is 9.47 Å². The van der Waals surface area contributed by atoms with E-state index in [9.17, 15) is 9.59 Å². The molecule has 0 saturated heterocycles. The van der Waals surface area contributed by atoms with E-state index in [0.29, 0.717) is 43.5 Å². The van der Waals surface area contributed by atoms with Crippen molar-refractivity contribution in [2.45, 2.75) is 39.2 Å². The van der Waals surface area contributed by atoms with Gasteiger partial charge in [0.15, 0.2) is 11.5 Å². The normalized spacial score (nSPS) is 15.5. The van der Waals surface area contributed by atoms with Gasteiger partial charge in [0.1, 0.15) is 6.61 Å². The van der Waals surface area contributed by atoms with Gasteiger partial charge >= 0.3 is 0 Å². The molecule has 6 nitrogen and oxygen atoms in total. The van der Waals surface area contributed by atoms with Crippen LogP contribution >= 0.6 is 11.3 Å². The topological polar surface area (TPSA) is 59.1 Å². The second-order valence-electron chi connectivity index (χ2n) is 9.56. The van der Waals surface area contributed by atoms with Gasteiger partial charge < -0.3 is 19.3 Å². The maximum atomic E-state index is 13.8. The molecule has 37 heavy (non-hydrogen) atoms. The van der Waals surface area contributed by atoms with Crippen LogP contribution < -0.4 is 9.47 Å². The van der Waals surface area contributed by atoms with Crippen molar-refractivity contribution in [1.29, 1.82) is 0 Å². The van der Waals surface area contributed by atoms with Crippen molar-refractivity contribution in [3.63, 3.8) is 0 Å². The Bertz CT molecular complexity index is 1180. The number of benzene rings is 2. The third-order valence-electron chi connectivity index (χ3n) is 6.99. The van der Waals surface area contributed by atoms with E-state index in [-0.39, 0.29) is 24.4 Å². The van der Waals surface area contributed by atoms with Gasteiger partial charge in [0.05, 0.1) is 26.1 Å². The molecule has 4 rings (SSSR count). The Hall–Kier alpha value is -3.32. The number of hydrogen-bond donors (Lipinski definition) is 0. The molecule has 0 fully saturated rings. The van der Waals surface area contributed by atoms with Crippen LogP contribution in [0.2, 0.25) is 0 Å². The molecule has 1 aliphatic heterocycles. The summed E-state index contributed by atoms with van der Waals surface area (Å²) >= 11 is 1.72. The number of rotatable bonds is 11. The molecule has 3 aromatic rings.